The van der Waals surface area contributed by atoms with E-state index in [1.54, 1.807) is 31.9 Å². The van der Waals surface area contributed by atoms with Crippen molar-refractivity contribution in [3.63, 3.8) is 0 Å². The molecule has 8 nitrogen and oxygen atoms in total. The van der Waals surface area contributed by atoms with E-state index in [4.69, 9.17) is 17.0 Å². The van der Waals surface area contributed by atoms with Crippen LogP contribution in [0.15, 0.2) is 9.70 Å². The summed E-state index contributed by atoms with van der Waals surface area (Å²) in [5.74, 6) is -0.126. The number of thiocarbonyl (C=S) groups is 1. The van der Waals surface area contributed by atoms with Crippen molar-refractivity contribution in [1.29, 1.82) is 5.26 Å². The molecule has 0 spiro atoms. The van der Waals surface area contributed by atoms with E-state index in [9.17, 15) is 19.6 Å². The molecular weight excluding hydrogens is 472 g/mol. The number of amides is 1. The number of pyridine rings is 1. The van der Waals surface area contributed by atoms with Gasteiger partial charge in [-0.25, -0.2) is 0 Å². The largest absolute Gasteiger partial charge is 0.466 e. The summed E-state index contributed by atoms with van der Waals surface area (Å²) in [6.07, 6.45) is 5.01. The van der Waals surface area contributed by atoms with E-state index >= 15 is 0 Å². The molecule has 0 aliphatic carbocycles. The van der Waals surface area contributed by atoms with E-state index in [-0.39, 0.29) is 23.4 Å². The summed E-state index contributed by atoms with van der Waals surface area (Å²) in [7, 11) is 1.62. The van der Waals surface area contributed by atoms with Crippen LogP contribution in [0.1, 0.15) is 56.2 Å². The first-order valence-electron chi connectivity index (χ1n) is 11.6. The number of hydrogen-bond donors (Lipinski definition) is 0. The molecule has 2 fully saturated rings. The first-order valence-corrected chi connectivity index (χ1v) is 12.8. The highest BCUT2D eigenvalue weighted by molar-refractivity contribution is 8.26. The summed E-state index contributed by atoms with van der Waals surface area (Å²) in [6.45, 7) is 7.48. The average molecular weight is 503 g/mol. The number of esters is 1. The highest BCUT2D eigenvalue weighted by atomic mass is 32.2. The van der Waals surface area contributed by atoms with Gasteiger partial charge in [0.2, 0.25) is 0 Å². The first-order chi connectivity index (χ1) is 16.2. The predicted molar refractivity (Wildman–Crippen MR) is 137 cm³/mol. The summed E-state index contributed by atoms with van der Waals surface area (Å²) in [4.78, 5) is 42.5. The van der Waals surface area contributed by atoms with Gasteiger partial charge < -0.3 is 9.64 Å². The number of aromatic nitrogens is 1. The van der Waals surface area contributed by atoms with E-state index in [0.29, 0.717) is 58.8 Å². The summed E-state index contributed by atoms with van der Waals surface area (Å²) in [5.41, 5.74) is 0.774. The molecule has 1 atom stereocenters. The Morgan fingerprint density at radius 2 is 2.09 bits per heavy atom. The molecule has 3 heterocycles. The second kappa shape index (κ2) is 11.2. The molecule has 10 heteroatoms. The highest BCUT2D eigenvalue weighted by Gasteiger charge is 2.34. The lowest BCUT2D eigenvalue weighted by Crippen LogP contribution is -2.42. The van der Waals surface area contributed by atoms with Gasteiger partial charge in [-0.1, -0.05) is 37.3 Å². The Balaban J connectivity index is 2.10. The van der Waals surface area contributed by atoms with Crippen LogP contribution in [0.2, 0.25) is 0 Å². The van der Waals surface area contributed by atoms with Crippen molar-refractivity contribution in [3.05, 3.63) is 31.9 Å². The first kappa shape index (κ1) is 26.0. The maximum atomic E-state index is 13.1. The van der Waals surface area contributed by atoms with Crippen LogP contribution in [0, 0.1) is 24.2 Å². The highest BCUT2D eigenvalue weighted by Crippen LogP contribution is 2.36. The van der Waals surface area contributed by atoms with Crippen LogP contribution in [0.25, 0.3) is 6.08 Å². The summed E-state index contributed by atoms with van der Waals surface area (Å²) >= 11 is 6.67. The number of hydrogen-bond acceptors (Lipinski definition) is 8. The molecule has 2 aliphatic heterocycles. The number of carbonyl (C=O) groups is 2. The van der Waals surface area contributed by atoms with Crippen molar-refractivity contribution in [3.8, 4) is 6.07 Å². The van der Waals surface area contributed by atoms with Gasteiger partial charge in [-0.05, 0) is 44.7 Å². The van der Waals surface area contributed by atoms with Crippen LogP contribution in [0.3, 0.4) is 0 Å². The molecule has 0 radical (unpaired) electrons. The molecule has 1 aromatic heterocycles. The Kier molecular flexibility index (Phi) is 8.55. The lowest BCUT2D eigenvalue weighted by Gasteiger charge is -2.35. The predicted octanol–water partition coefficient (Wildman–Crippen LogP) is 3.35. The molecule has 0 aromatic carbocycles. The van der Waals surface area contributed by atoms with Crippen LogP contribution in [0.5, 0.6) is 0 Å². The number of piperidine rings is 1. The zero-order valence-corrected chi connectivity index (χ0v) is 21.7. The average Bonchev–Trinajstić information content (AvgIpc) is 3.09. The van der Waals surface area contributed by atoms with Crippen LogP contribution >= 0.6 is 24.0 Å². The maximum absolute atomic E-state index is 13.1. The molecule has 2 saturated heterocycles. The van der Waals surface area contributed by atoms with Crippen LogP contribution < -0.4 is 10.5 Å². The molecule has 3 rings (SSSR count). The van der Waals surface area contributed by atoms with E-state index in [2.05, 4.69) is 6.92 Å². The van der Waals surface area contributed by atoms with E-state index in [1.807, 2.05) is 11.0 Å². The van der Waals surface area contributed by atoms with Crippen LogP contribution in [-0.2, 0) is 21.4 Å². The molecule has 0 N–H and O–H groups in total. The second-order valence-electron chi connectivity index (χ2n) is 8.44. The monoisotopic (exact) mass is 502 g/mol. The fraction of sp³-hybridized carbons (Fsp3) is 0.542. The van der Waals surface area contributed by atoms with Gasteiger partial charge in [0.25, 0.3) is 11.5 Å². The quantitative estimate of drug-likeness (QED) is 0.318. The summed E-state index contributed by atoms with van der Waals surface area (Å²) in [5, 5.41) is 9.66. The van der Waals surface area contributed by atoms with Gasteiger partial charge in [0, 0.05) is 32.2 Å². The van der Waals surface area contributed by atoms with Crippen molar-refractivity contribution >= 4 is 52.1 Å². The number of unbranched alkanes of at least 4 members (excludes halogenated alkanes) is 1. The zero-order chi connectivity index (χ0) is 25.0. The lowest BCUT2D eigenvalue weighted by atomic mass is 9.96. The number of carbonyl (C=O) groups excluding carboxylic acids is 2. The number of rotatable bonds is 7. The summed E-state index contributed by atoms with van der Waals surface area (Å²) in [6, 6.07) is 2.02. The summed E-state index contributed by atoms with van der Waals surface area (Å²) < 4.78 is 7.19. The Morgan fingerprint density at radius 3 is 2.74 bits per heavy atom. The second-order valence-corrected chi connectivity index (χ2v) is 10.1. The van der Waals surface area contributed by atoms with Crippen molar-refractivity contribution in [2.75, 3.05) is 31.1 Å². The number of nitrogens with zero attached hydrogens (tertiary/aromatic N) is 4. The lowest BCUT2D eigenvalue weighted by molar-refractivity contribution is -0.148. The Morgan fingerprint density at radius 1 is 1.35 bits per heavy atom. The van der Waals surface area contributed by atoms with Gasteiger partial charge in [-0.2, -0.15) is 5.26 Å². The Bertz CT molecular complexity index is 1140. The molecule has 1 aromatic rings. The van der Waals surface area contributed by atoms with Crippen molar-refractivity contribution in [2.24, 2.45) is 13.0 Å². The molecule has 1 unspecified atom stereocenters. The fourth-order valence-corrected chi connectivity index (χ4v) is 5.65. The normalized spacial score (nSPS) is 19.6. The van der Waals surface area contributed by atoms with Gasteiger partial charge in [0.15, 0.2) is 0 Å². The fourth-order valence-electron chi connectivity index (χ4n) is 4.36. The number of anilines is 1. The van der Waals surface area contributed by atoms with Gasteiger partial charge in [0.05, 0.1) is 17.4 Å². The van der Waals surface area contributed by atoms with Crippen molar-refractivity contribution < 1.29 is 14.3 Å². The van der Waals surface area contributed by atoms with Crippen LogP contribution in [-0.4, -0.2) is 51.9 Å². The van der Waals surface area contributed by atoms with E-state index in [1.165, 1.54) is 16.3 Å². The van der Waals surface area contributed by atoms with Gasteiger partial charge in [0.1, 0.15) is 21.8 Å². The standard InChI is InChI=1S/C24H30N4O4S2/c1-5-7-11-28-22(30)19(34-24(28)33)12-17-15(3)18(13-25)21(29)26(4)20(17)27-10-8-9-16(14-27)23(31)32-6-2/h12,16H,5-11,14H2,1-4H3. The van der Waals surface area contributed by atoms with E-state index < -0.39 is 5.56 Å². The smallest absolute Gasteiger partial charge is 0.310 e. The van der Waals surface area contributed by atoms with Gasteiger partial charge in [-0.3, -0.25) is 23.9 Å². The minimum atomic E-state index is -0.402. The maximum Gasteiger partial charge on any atom is 0.310 e. The molecule has 34 heavy (non-hydrogen) atoms. The number of thioether (sulfide) groups is 1. The molecule has 0 saturated carbocycles. The third kappa shape index (κ3) is 5.05. The topological polar surface area (TPSA) is 95.6 Å². The van der Waals surface area contributed by atoms with Crippen LogP contribution in [0.4, 0.5) is 5.82 Å². The van der Waals surface area contributed by atoms with Crippen molar-refractivity contribution in [1.82, 2.24) is 9.47 Å². The van der Waals surface area contributed by atoms with Gasteiger partial charge in [-0.15, -0.1) is 0 Å². The van der Waals surface area contributed by atoms with E-state index in [0.717, 1.165) is 19.3 Å². The van der Waals surface area contributed by atoms with Gasteiger partial charge >= 0.3 is 5.97 Å². The molecule has 2 aliphatic rings. The third-order valence-corrected chi connectivity index (χ3v) is 7.57. The number of nitriles is 1. The minimum Gasteiger partial charge on any atom is -0.466 e. The van der Waals surface area contributed by atoms with Crippen molar-refractivity contribution in [2.45, 2.75) is 46.5 Å². The molecular formula is C24H30N4O4S2. The molecule has 182 valence electrons. The number of ether oxygens (including phenoxy) is 1. The SMILES string of the molecule is CCCCN1C(=O)C(=Cc2c(C)c(C#N)c(=O)n(C)c2N2CCCC(C(=O)OCC)C2)SC1=S. The third-order valence-electron chi connectivity index (χ3n) is 6.19. The Labute approximate surface area is 209 Å². The molecule has 1 amide bonds. The minimum absolute atomic E-state index is 0.0397. The Hall–Kier alpha value is -2.64. The molecule has 0 bridgehead atoms. The zero-order valence-electron chi connectivity index (χ0n) is 20.0.